The minimum absolute atomic E-state index is 0.0827. The van der Waals surface area contributed by atoms with Crippen molar-refractivity contribution in [2.24, 2.45) is 4.99 Å². The van der Waals surface area contributed by atoms with Crippen molar-refractivity contribution in [1.29, 1.82) is 0 Å². The highest BCUT2D eigenvalue weighted by Crippen LogP contribution is 2.60. The zero-order chi connectivity index (χ0) is 21.4. The number of non-ortho nitro benzene ring substituents is 1. The second kappa shape index (κ2) is 10.1. The van der Waals surface area contributed by atoms with E-state index >= 15 is 0 Å². The molecule has 2 rings (SSSR count). The number of methoxy groups -OCH3 is 1. The topological polar surface area (TPSA) is 111 Å². The Morgan fingerprint density at radius 2 is 1.86 bits per heavy atom. The summed E-state index contributed by atoms with van der Waals surface area (Å²) in [4.78, 5) is 26.0. The van der Waals surface area contributed by atoms with E-state index in [2.05, 4.69) is 9.73 Å². The van der Waals surface area contributed by atoms with Crippen molar-refractivity contribution in [2.45, 2.75) is 6.92 Å². The fourth-order valence-electron chi connectivity index (χ4n) is 2.12. The molecule has 0 aliphatic rings. The Kier molecular flexibility index (Phi) is 7.81. The first-order valence-electron chi connectivity index (χ1n) is 8.43. The highest BCUT2D eigenvalue weighted by Gasteiger charge is 2.29. The van der Waals surface area contributed by atoms with Crippen molar-refractivity contribution in [1.82, 2.24) is 4.67 Å². The molecule has 154 valence electrons. The summed E-state index contributed by atoms with van der Waals surface area (Å²) in [5, 5.41) is 10.8. The lowest BCUT2D eigenvalue weighted by atomic mass is 10.2. The van der Waals surface area contributed by atoms with Gasteiger partial charge in [-0.05, 0) is 47.8 Å². The molecule has 0 saturated carbocycles. The van der Waals surface area contributed by atoms with Crippen molar-refractivity contribution >= 4 is 41.8 Å². The molecule has 0 spiro atoms. The molecule has 0 aliphatic heterocycles. The number of benzene rings is 2. The summed E-state index contributed by atoms with van der Waals surface area (Å²) in [6.45, 7) is -1.54. The Morgan fingerprint density at radius 1 is 1.24 bits per heavy atom. The van der Waals surface area contributed by atoms with Crippen LogP contribution in [0.1, 0.15) is 17.3 Å². The molecule has 11 heteroatoms. The lowest BCUT2D eigenvalue weighted by Crippen LogP contribution is -2.14. The second-order valence-corrected chi connectivity index (χ2v) is 10.3. The third kappa shape index (κ3) is 6.07. The third-order valence-corrected chi connectivity index (χ3v) is 8.26. The van der Waals surface area contributed by atoms with E-state index < -0.39 is 17.6 Å². The van der Waals surface area contributed by atoms with Gasteiger partial charge in [-0.3, -0.25) is 14.8 Å². The minimum Gasteiger partial charge on any atom is -0.465 e. The second-order valence-electron chi connectivity index (χ2n) is 5.59. The number of hydrogen-bond acceptors (Lipinski definition) is 8. The smallest absolute Gasteiger partial charge is 0.402 e. The van der Waals surface area contributed by atoms with Gasteiger partial charge in [-0.25, -0.2) is 14.4 Å². The normalized spacial score (nSPS) is 12.9. The first-order valence-corrected chi connectivity index (χ1v) is 11.6. The van der Waals surface area contributed by atoms with Gasteiger partial charge in [-0.1, -0.05) is 6.92 Å². The van der Waals surface area contributed by atoms with E-state index in [9.17, 15) is 19.5 Å². The van der Waals surface area contributed by atoms with Gasteiger partial charge in [0.2, 0.25) is 0 Å². The molecule has 0 aliphatic carbocycles. The molecular formula is C18H20N3O6PS. The highest BCUT2D eigenvalue weighted by atomic mass is 32.7. The molecule has 0 radical (unpaired) electrons. The van der Waals surface area contributed by atoms with Crippen molar-refractivity contribution < 1.29 is 23.5 Å². The quantitative estimate of drug-likeness (QED) is 0.136. The van der Waals surface area contributed by atoms with Crippen LogP contribution in [0.5, 0.6) is 5.75 Å². The summed E-state index contributed by atoms with van der Waals surface area (Å²) in [6, 6.07) is 11.8. The summed E-state index contributed by atoms with van der Waals surface area (Å²) >= 11 is 1.11. The third-order valence-electron chi connectivity index (χ3n) is 3.61. The van der Waals surface area contributed by atoms with Crippen molar-refractivity contribution in [3.8, 4) is 5.75 Å². The average Bonchev–Trinajstić information content (AvgIpc) is 2.72. The van der Waals surface area contributed by atoms with E-state index in [0.717, 1.165) is 11.4 Å². The van der Waals surface area contributed by atoms with Crippen molar-refractivity contribution in [2.75, 3.05) is 19.9 Å². The molecule has 0 saturated heterocycles. The van der Waals surface area contributed by atoms with E-state index in [4.69, 9.17) is 4.52 Å². The molecule has 0 N–H and O–H groups in total. The Morgan fingerprint density at radius 3 is 2.38 bits per heavy atom. The van der Waals surface area contributed by atoms with Gasteiger partial charge >= 0.3 is 12.7 Å². The SMILES string of the molecule is CCSP(=O)(Oc1ccc([N+](=O)[O-])cc1)N(C)C=Nc1ccc(C(=O)OC)cc1. The molecule has 1 atom stereocenters. The van der Waals surface area contributed by atoms with Gasteiger partial charge < -0.3 is 9.26 Å². The molecule has 0 bridgehead atoms. The van der Waals surface area contributed by atoms with Crippen LogP contribution >= 0.6 is 18.1 Å². The van der Waals surface area contributed by atoms with Crippen molar-refractivity contribution in [3.05, 3.63) is 64.2 Å². The summed E-state index contributed by atoms with van der Waals surface area (Å²) in [5.41, 5.74) is 0.863. The van der Waals surface area contributed by atoms with Crippen LogP contribution in [-0.2, 0) is 9.30 Å². The number of nitrogens with zero attached hydrogens (tertiary/aromatic N) is 3. The maximum absolute atomic E-state index is 13.3. The lowest BCUT2D eigenvalue weighted by Gasteiger charge is -2.25. The van der Waals surface area contributed by atoms with Crippen LogP contribution in [-0.4, -0.2) is 41.8 Å². The molecular weight excluding hydrogens is 417 g/mol. The molecule has 0 heterocycles. The molecule has 0 amide bonds. The maximum Gasteiger partial charge on any atom is 0.402 e. The fourth-order valence-corrected chi connectivity index (χ4v) is 5.45. The number of rotatable bonds is 9. The maximum atomic E-state index is 13.3. The average molecular weight is 437 g/mol. The predicted molar refractivity (Wildman–Crippen MR) is 113 cm³/mol. The Bertz CT molecular complexity index is 934. The number of ether oxygens (including phenoxy) is 1. The summed E-state index contributed by atoms with van der Waals surface area (Å²) in [5.74, 6) is 0.330. The van der Waals surface area contributed by atoms with Crippen LogP contribution in [0.2, 0.25) is 0 Å². The van der Waals surface area contributed by atoms with E-state index in [1.165, 1.54) is 42.4 Å². The Balaban J connectivity index is 2.15. The molecule has 2 aromatic carbocycles. The first kappa shape index (κ1) is 22.4. The Labute approximate surface area is 172 Å². The van der Waals surface area contributed by atoms with E-state index in [1.807, 2.05) is 6.92 Å². The first-order chi connectivity index (χ1) is 13.8. The van der Waals surface area contributed by atoms with E-state index in [1.54, 1.807) is 31.3 Å². The fraction of sp³-hybridized carbons (Fsp3) is 0.222. The number of aliphatic imine (C=N–C) groups is 1. The number of carbonyl (C=O) groups is 1. The molecule has 0 fully saturated rings. The van der Waals surface area contributed by atoms with E-state index in [0.29, 0.717) is 17.0 Å². The number of nitro benzene ring substituents is 1. The molecule has 9 nitrogen and oxygen atoms in total. The van der Waals surface area contributed by atoms with Crippen LogP contribution in [0.25, 0.3) is 0 Å². The minimum atomic E-state index is -3.38. The van der Waals surface area contributed by atoms with E-state index in [-0.39, 0.29) is 11.4 Å². The zero-order valence-corrected chi connectivity index (χ0v) is 17.8. The number of carbonyl (C=O) groups excluding carboxylic acids is 1. The largest absolute Gasteiger partial charge is 0.465 e. The number of hydrogen-bond donors (Lipinski definition) is 0. The molecule has 29 heavy (non-hydrogen) atoms. The molecule has 1 unspecified atom stereocenters. The van der Waals surface area contributed by atoms with Crippen LogP contribution in [0, 0.1) is 10.1 Å². The Hall–Kier alpha value is -2.84. The molecule has 0 aromatic heterocycles. The standard InChI is InChI=1S/C18H20N3O6PS/c1-4-29-28(25,27-17-11-9-16(10-12-17)21(23)24)20(2)13-19-15-7-5-14(6-8-15)18(22)26-3/h5-13H,4H2,1-3H3. The van der Waals surface area contributed by atoms with Crippen LogP contribution in [0.3, 0.4) is 0 Å². The summed E-state index contributed by atoms with van der Waals surface area (Å²) in [6.07, 6.45) is 1.38. The lowest BCUT2D eigenvalue weighted by molar-refractivity contribution is -0.384. The van der Waals surface area contributed by atoms with Gasteiger partial charge in [0.1, 0.15) is 5.75 Å². The predicted octanol–water partition coefficient (Wildman–Crippen LogP) is 4.91. The van der Waals surface area contributed by atoms with Gasteiger partial charge in [0.15, 0.2) is 0 Å². The van der Waals surface area contributed by atoms with Gasteiger partial charge in [0, 0.05) is 24.9 Å². The monoisotopic (exact) mass is 437 g/mol. The van der Waals surface area contributed by atoms with Gasteiger partial charge in [0.05, 0.1) is 29.6 Å². The van der Waals surface area contributed by atoms with Crippen LogP contribution in [0.15, 0.2) is 53.5 Å². The van der Waals surface area contributed by atoms with Crippen molar-refractivity contribution in [3.63, 3.8) is 0 Å². The summed E-state index contributed by atoms with van der Waals surface area (Å²) in [7, 11) is 2.87. The number of esters is 1. The zero-order valence-electron chi connectivity index (χ0n) is 16.0. The summed E-state index contributed by atoms with van der Waals surface area (Å²) < 4.78 is 25.0. The highest BCUT2D eigenvalue weighted by molar-refractivity contribution is 8.56. The number of nitro groups is 1. The van der Waals surface area contributed by atoms with Gasteiger partial charge in [-0.15, -0.1) is 0 Å². The molecule has 2 aromatic rings. The van der Waals surface area contributed by atoms with Crippen LogP contribution < -0.4 is 4.52 Å². The van der Waals surface area contributed by atoms with Gasteiger partial charge in [-0.2, -0.15) is 0 Å². The van der Waals surface area contributed by atoms with Gasteiger partial charge in [0.25, 0.3) is 5.69 Å². The van der Waals surface area contributed by atoms with Crippen LogP contribution in [0.4, 0.5) is 11.4 Å².